The van der Waals surface area contributed by atoms with Crippen molar-refractivity contribution in [2.75, 3.05) is 14.2 Å². The van der Waals surface area contributed by atoms with Crippen LogP contribution in [-0.2, 0) is 0 Å². The van der Waals surface area contributed by atoms with Gasteiger partial charge in [0, 0.05) is 28.2 Å². The van der Waals surface area contributed by atoms with Crippen LogP contribution >= 0.6 is 15.9 Å². The minimum Gasteiger partial charge on any atom is -0.497 e. The summed E-state index contributed by atoms with van der Waals surface area (Å²) in [6, 6.07) is 13.4. The van der Waals surface area contributed by atoms with Gasteiger partial charge < -0.3 is 13.9 Å². The highest BCUT2D eigenvalue weighted by atomic mass is 79.9. The fourth-order valence-electron chi connectivity index (χ4n) is 2.41. The summed E-state index contributed by atoms with van der Waals surface area (Å²) in [6.45, 7) is 0. The van der Waals surface area contributed by atoms with Crippen molar-refractivity contribution in [2.24, 2.45) is 4.99 Å². The summed E-state index contributed by atoms with van der Waals surface area (Å²) < 4.78 is 16.8. The van der Waals surface area contributed by atoms with Gasteiger partial charge in [0.25, 0.3) is 5.69 Å². The van der Waals surface area contributed by atoms with E-state index in [1.54, 1.807) is 56.8 Å². The number of nitro benzene ring substituents is 1. The number of methoxy groups -OCH3 is 2. The quantitative estimate of drug-likeness (QED) is 0.297. The second-order valence-corrected chi connectivity index (χ2v) is 6.27. The van der Waals surface area contributed by atoms with E-state index in [-0.39, 0.29) is 5.69 Å². The Morgan fingerprint density at radius 2 is 1.93 bits per heavy atom. The first kappa shape index (κ1) is 18.7. The number of nitro groups is 1. The Kier molecular flexibility index (Phi) is 5.56. The van der Waals surface area contributed by atoms with Crippen LogP contribution in [0.4, 0.5) is 11.4 Å². The minimum absolute atomic E-state index is 0.00516. The van der Waals surface area contributed by atoms with Gasteiger partial charge in [-0.05, 0) is 46.3 Å². The van der Waals surface area contributed by atoms with Gasteiger partial charge in [-0.15, -0.1) is 0 Å². The molecule has 0 atom stereocenters. The SMILES string of the molecule is COc1ccc(N=Cc2ccc(-c3ccc([N+](=O)[O-])cc3Br)o2)c(OC)c1. The summed E-state index contributed by atoms with van der Waals surface area (Å²) >= 11 is 3.34. The fraction of sp³-hybridized carbons (Fsp3) is 0.105. The van der Waals surface area contributed by atoms with Crippen LogP contribution in [0.15, 0.2) is 62.4 Å². The number of ether oxygens (including phenoxy) is 2. The summed E-state index contributed by atoms with van der Waals surface area (Å²) in [6.07, 6.45) is 1.58. The Bertz CT molecular complexity index is 1010. The lowest BCUT2D eigenvalue weighted by Crippen LogP contribution is -1.88. The van der Waals surface area contributed by atoms with Gasteiger partial charge in [0.1, 0.15) is 28.7 Å². The largest absolute Gasteiger partial charge is 0.497 e. The minimum atomic E-state index is -0.447. The summed E-state index contributed by atoms with van der Waals surface area (Å²) in [5, 5.41) is 10.8. The van der Waals surface area contributed by atoms with Gasteiger partial charge >= 0.3 is 0 Å². The van der Waals surface area contributed by atoms with Crippen LogP contribution in [-0.4, -0.2) is 25.4 Å². The molecule has 3 rings (SSSR count). The van der Waals surface area contributed by atoms with Gasteiger partial charge in [-0.3, -0.25) is 10.1 Å². The number of nitrogens with zero attached hydrogens (tertiary/aromatic N) is 2. The molecule has 2 aromatic carbocycles. The molecule has 1 heterocycles. The van der Waals surface area contributed by atoms with E-state index in [1.807, 2.05) is 0 Å². The molecule has 0 unspecified atom stereocenters. The van der Waals surface area contributed by atoms with Gasteiger partial charge in [0.15, 0.2) is 0 Å². The average molecular weight is 431 g/mol. The highest BCUT2D eigenvalue weighted by molar-refractivity contribution is 9.10. The third-order valence-corrected chi connectivity index (χ3v) is 4.43. The lowest BCUT2D eigenvalue weighted by molar-refractivity contribution is -0.384. The maximum absolute atomic E-state index is 10.8. The van der Waals surface area contributed by atoms with Crippen molar-refractivity contribution in [1.29, 1.82) is 0 Å². The summed E-state index contributed by atoms with van der Waals surface area (Å²) in [5.41, 5.74) is 1.35. The molecule has 0 aliphatic rings. The molecule has 0 saturated carbocycles. The molecule has 3 aromatic rings. The van der Waals surface area contributed by atoms with E-state index < -0.39 is 4.92 Å². The van der Waals surface area contributed by atoms with Gasteiger partial charge in [0.2, 0.25) is 0 Å². The van der Waals surface area contributed by atoms with Crippen molar-refractivity contribution in [2.45, 2.75) is 0 Å². The Hall–Kier alpha value is -3.13. The van der Waals surface area contributed by atoms with E-state index in [0.717, 1.165) is 0 Å². The average Bonchev–Trinajstić information content (AvgIpc) is 3.14. The molecular weight excluding hydrogens is 416 g/mol. The molecule has 8 heteroatoms. The molecule has 0 amide bonds. The van der Waals surface area contributed by atoms with Gasteiger partial charge in [-0.25, -0.2) is 4.99 Å². The summed E-state index contributed by atoms with van der Waals surface area (Å²) in [7, 11) is 3.14. The first-order valence-corrected chi connectivity index (χ1v) is 8.61. The Morgan fingerprint density at radius 1 is 1.11 bits per heavy atom. The first-order chi connectivity index (χ1) is 13.0. The van der Waals surface area contributed by atoms with Crippen LogP contribution in [0.25, 0.3) is 11.3 Å². The zero-order valence-electron chi connectivity index (χ0n) is 14.5. The van der Waals surface area contributed by atoms with Gasteiger partial charge in [-0.2, -0.15) is 0 Å². The fourth-order valence-corrected chi connectivity index (χ4v) is 2.97. The molecule has 0 saturated heterocycles. The summed E-state index contributed by atoms with van der Waals surface area (Å²) in [5.74, 6) is 2.36. The second kappa shape index (κ2) is 8.05. The summed E-state index contributed by atoms with van der Waals surface area (Å²) in [4.78, 5) is 14.8. The number of furan rings is 1. The second-order valence-electron chi connectivity index (χ2n) is 5.42. The van der Waals surface area contributed by atoms with Gasteiger partial charge in [-0.1, -0.05) is 0 Å². The molecule has 27 heavy (non-hydrogen) atoms. The van der Waals surface area contributed by atoms with E-state index in [9.17, 15) is 10.1 Å². The predicted octanol–water partition coefficient (Wildman–Crippen LogP) is 5.39. The molecule has 0 aliphatic carbocycles. The third kappa shape index (κ3) is 4.17. The van der Waals surface area contributed by atoms with E-state index in [1.165, 1.54) is 12.1 Å². The molecule has 0 fully saturated rings. The first-order valence-electron chi connectivity index (χ1n) is 7.82. The Balaban J connectivity index is 1.84. The van der Waals surface area contributed by atoms with Crippen LogP contribution < -0.4 is 9.47 Å². The van der Waals surface area contributed by atoms with Crippen LogP contribution in [0.2, 0.25) is 0 Å². The van der Waals surface area contributed by atoms with E-state index >= 15 is 0 Å². The standard InChI is InChI=1S/C19H15BrN2O5/c1-25-13-4-7-17(19(10-13)26-2)21-11-14-5-8-18(27-14)15-6-3-12(22(23)24)9-16(15)20/h3-11H,1-2H3. The number of hydrogen-bond donors (Lipinski definition) is 0. The highest BCUT2D eigenvalue weighted by Crippen LogP contribution is 2.33. The highest BCUT2D eigenvalue weighted by Gasteiger charge is 2.13. The molecule has 0 radical (unpaired) electrons. The maximum Gasteiger partial charge on any atom is 0.270 e. The van der Waals surface area contributed by atoms with Crippen LogP contribution in [0, 0.1) is 10.1 Å². The van der Waals surface area contributed by atoms with Crippen LogP contribution in [0.3, 0.4) is 0 Å². The normalized spacial score (nSPS) is 10.9. The van der Waals surface area contributed by atoms with Crippen LogP contribution in [0.1, 0.15) is 5.76 Å². The molecule has 0 spiro atoms. The predicted molar refractivity (Wildman–Crippen MR) is 105 cm³/mol. The molecular formula is C19H15BrN2O5. The zero-order valence-corrected chi connectivity index (χ0v) is 16.1. The monoisotopic (exact) mass is 430 g/mol. The molecule has 1 aromatic heterocycles. The van der Waals surface area contributed by atoms with E-state index in [4.69, 9.17) is 13.9 Å². The number of hydrogen-bond acceptors (Lipinski definition) is 6. The topological polar surface area (TPSA) is 87.1 Å². The van der Waals surface area contributed by atoms with Crippen molar-refractivity contribution in [3.8, 4) is 22.8 Å². The number of benzene rings is 2. The smallest absolute Gasteiger partial charge is 0.270 e. The number of rotatable bonds is 6. The molecule has 0 aliphatic heterocycles. The lowest BCUT2D eigenvalue weighted by atomic mass is 10.1. The van der Waals surface area contributed by atoms with E-state index in [2.05, 4.69) is 20.9 Å². The molecule has 138 valence electrons. The third-order valence-electron chi connectivity index (χ3n) is 3.77. The van der Waals surface area contributed by atoms with Gasteiger partial charge in [0.05, 0.1) is 25.4 Å². The molecule has 7 nitrogen and oxygen atoms in total. The lowest BCUT2D eigenvalue weighted by Gasteiger charge is -2.06. The van der Waals surface area contributed by atoms with Crippen molar-refractivity contribution < 1.29 is 18.8 Å². The van der Waals surface area contributed by atoms with Crippen LogP contribution in [0.5, 0.6) is 11.5 Å². The zero-order chi connectivity index (χ0) is 19.4. The van der Waals surface area contributed by atoms with Crippen molar-refractivity contribution in [3.63, 3.8) is 0 Å². The number of aliphatic imine (C=N–C) groups is 1. The number of halogens is 1. The number of non-ortho nitro benzene ring substituents is 1. The molecule has 0 bridgehead atoms. The molecule has 0 N–H and O–H groups in total. The van der Waals surface area contributed by atoms with E-state index in [0.29, 0.717) is 38.7 Å². The maximum atomic E-state index is 10.8. The Morgan fingerprint density at radius 3 is 2.59 bits per heavy atom. The Labute approximate surface area is 163 Å². The van der Waals surface area contributed by atoms with Crippen molar-refractivity contribution >= 4 is 33.5 Å². The van der Waals surface area contributed by atoms with Crippen molar-refractivity contribution in [3.05, 3.63) is 68.9 Å². The van der Waals surface area contributed by atoms with Crippen molar-refractivity contribution in [1.82, 2.24) is 0 Å².